The molecule has 0 amide bonds. The van der Waals surface area contributed by atoms with Gasteiger partial charge in [-0.1, -0.05) is 0 Å². The van der Waals surface area contributed by atoms with E-state index in [0.29, 0.717) is 0 Å². The summed E-state index contributed by atoms with van der Waals surface area (Å²) in [6.45, 7) is 0.664. The molecule has 0 spiro atoms. The van der Waals surface area contributed by atoms with Crippen LogP contribution in [0.3, 0.4) is 0 Å². The van der Waals surface area contributed by atoms with Crippen molar-refractivity contribution in [3.63, 3.8) is 0 Å². The fraction of sp³-hybridized carbons (Fsp3) is 0.833. The lowest BCUT2D eigenvalue weighted by molar-refractivity contribution is -0.158. The van der Waals surface area contributed by atoms with Gasteiger partial charge in [0.25, 0.3) is 0 Å². The summed E-state index contributed by atoms with van der Waals surface area (Å²) in [5.74, 6) is -0.832. The highest BCUT2D eigenvalue weighted by Crippen LogP contribution is 2.19. The number of rotatable bonds is 3. The maximum atomic E-state index is 11.5. The van der Waals surface area contributed by atoms with Crippen LogP contribution in [0.4, 0.5) is 13.2 Å². The first-order valence-electron chi connectivity index (χ1n) is 3.20. The Hall–Kier alpha value is -0.450. The van der Waals surface area contributed by atoms with Crippen LogP contribution in [0, 0.1) is 0 Å². The van der Waals surface area contributed by atoms with Gasteiger partial charge in [-0.15, -0.1) is 11.6 Å². The predicted octanol–water partition coefficient (Wildman–Crippen LogP) is 2.11. The number of carbonyl (C=O) groups excluding carboxylic acids is 1. The lowest BCUT2D eigenvalue weighted by atomic mass is 10.4. The van der Waals surface area contributed by atoms with Crippen LogP contribution >= 0.6 is 11.6 Å². The van der Waals surface area contributed by atoms with Crippen LogP contribution in [0.2, 0.25) is 0 Å². The van der Waals surface area contributed by atoms with Crippen molar-refractivity contribution in [2.24, 2.45) is 0 Å². The molecule has 0 N–H and O–H groups in total. The maximum Gasteiger partial charge on any atom is 0.392 e. The molecule has 0 bridgehead atoms. The lowest BCUT2D eigenvalue weighted by Gasteiger charge is -2.07. The van der Waals surface area contributed by atoms with Crippen molar-refractivity contribution in [1.29, 1.82) is 0 Å². The second-order valence-corrected chi connectivity index (χ2v) is 2.80. The fourth-order valence-electron chi connectivity index (χ4n) is 0.382. The number of alkyl halides is 4. The molecule has 0 aromatic rings. The lowest BCUT2D eigenvalue weighted by Crippen LogP contribution is -2.18. The Balaban J connectivity index is 3.51. The summed E-state index contributed by atoms with van der Waals surface area (Å²) in [6, 6.07) is 0. The molecule has 12 heavy (non-hydrogen) atoms. The third kappa shape index (κ3) is 6.27. The molecule has 0 saturated carbocycles. The van der Waals surface area contributed by atoms with E-state index < -0.39 is 30.6 Å². The molecule has 6 heteroatoms. The highest BCUT2D eigenvalue weighted by molar-refractivity contribution is 6.29. The Labute approximate surface area is 72.6 Å². The fourth-order valence-corrected chi connectivity index (χ4v) is 0.445. The second kappa shape index (κ2) is 4.54. The van der Waals surface area contributed by atoms with E-state index in [0.717, 1.165) is 0 Å². The second-order valence-electron chi connectivity index (χ2n) is 2.15. The highest BCUT2D eigenvalue weighted by Gasteiger charge is 2.27. The van der Waals surface area contributed by atoms with Crippen LogP contribution < -0.4 is 0 Å². The van der Waals surface area contributed by atoms with Crippen molar-refractivity contribution in [2.45, 2.75) is 24.9 Å². The predicted molar refractivity (Wildman–Crippen MR) is 36.9 cm³/mol. The summed E-state index contributed by atoms with van der Waals surface area (Å²) in [4.78, 5) is 10.5. The third-order valence-corrected chi connectivity index (χ3v) is 1.13. The highest BCUT2D eigenvalue weighted by atomic mass is 35.5. The van der Waals surface area contributed by atoms with E-state index in [2.05, 4.69) is 4.74 Å². The summed E-state index contributed by atoms with van der Waals surface area (Å²) in [7, 11) is 0. The molecule has 0 aliphatic heterocycles. The number of esters is 1. The molecule has 1 atom stereocenters. The van der Waals surface area contributed by atoms with E-state index in [1.54, 1.807) is 0 Å². The zero-order chi connectivity index (χ0) is 9.78. The summed E-state index contributed by atoms with van der Waals surface area (Å²) >= 11 is 5.22. The molecular weight excluding hydrogens is 197 g/mol. The van der Waals surface area contributed by atoms with Crippen molar-refractivity contribution in [2.75, 3.05) is 6.61 Å². The van der Waals surface area contributed by atoms with Gasteiger partial charge in [0, 0.05) is 0 Å². The molecule has 1 unspecified atom stereocenters. The molecule has 0 aliphatic carbocycles. The Bertz CT molecular complexity index is 155. The summed E-state index contributed by atoms with van der Waals surface area (Å²) < 4.78 is 38.6. The standard InChI is InChI=1S/C6H8ClF3O2/c1-4(7)5(11)12-3-2-6(8,9)10/h4H,2-3H2,1H3. The smallest absolute Gasteiger partial charge is 0.392 e. The molecule has 0 rings (SSSR count). The average Bonchev–Trinajstić information content (AvgIpc) is 1.84. The summed E-state index contributed by atoms with van der Waals surface area (Å²) in [6.07, 6.45) is -5.43. The quantitative estimate of drug-likeness (QED) is 0.520. The summed E-state index contributed by atoms with van der Waals surface area (Å²) in [5.41, 5.74) is 0. The van der Waals surface area contributed by atoms with Crippen LogP contribution in [-0.2, 0) is 9.53 Å². The van der Waals surface area contributed by atoms with Gasteiger partial charge in [0.05, 0.1) is 13.0 Å². The molecule has 0 aromatic carbocycles. The zero-order valence-corrected chi connectivity index (χ0v) is 7.08. The average molecular weight is 205 g/mol. The van der Waals surface area contributed by atoms with E-state index in [1.807, 2.05) is 0 Å². The van der Waals surface area contributed by atoms with Gasteiger partial charge in [-0.05, 0) is 6.92 Å². The molecule has 0 fully saturated rings. The van der Waals surface area contributed by atoms with Gasteiger partial charge < -0.3 is 4.74 Å². The van der Waals surface area contributed by atoms with Gasteiger partial charge in [0.1, 0.15) is 5.38 Å². The Morgan fingerprint density at radius 2 is 2.08 bits per heavy atom. The molecule has 0 saturated heterocycles. The normalized spacial score (nSPS) is 14.1. The van der Waals surface area contributed by atoms with Crippen molar-refractivity contribution in [1.82, 2.24) is 0 Å². The minimum Gasteiger partial charge on any atom is -0.464 e. The van der Waals surface area contributed by atoms with Gasteiger partial charge in [-0.25, -0.2) is 0 Å². The Kier molecular flexibility index (Phi) is 4.37. The maximum absolute atomic E-state index is 11.5. The zero-order valence-electron chi connectivity index (χ0n) is 6.32. The summed E-state index contributed by atoms with van der Waals surface area (Å²) in [5, 5.41) is -0.904. The third-order valence-electron chi connectivity index (χ3n) is 0.955. The van der Waals surface area contributed by atoms with Gasteiger partial charge in [-0.2, -0.15) is 13.2 Å². The minimum atomic E-state index is -4.30. The van der Waals surface area contributed by atoms with Crippen LogP contribution in [0.5, 0.6) is 0 Å². The Morgan fingerprint density at radius 3 is 2.42 bits per heavy atom. The van der Waals surface area contributed by atoms with Crippen LogP contribution in [0.25, 0.3) is 0 Å². The van der Waals surface area contributed by atoms with Crippen molar-refractivity contribution < 1.29 is 22.7 Å². The largest absolute Gasteiger partial charge is 0.464 e. The van der Waals surface area contributed by atoms with Gasteiger partial charge >= 0.3 is 12.1 Å². The van der Waals surface area contributed by atoms with E-state index >= 15 is 0 Å². The van der Waals surface area contributed by atoms with E-state index in [-0.39, 0.29) is 0 Å². The van der Waals surface area contributed by atoms with E-state index in [1.165, 1.54) is 6.92 Å². The molecule has 0 heterocycles. The molecule has 0 aliphatic rings. The number of hydrogen-bond donors (Lipinski definition) is 0. The molecule has 2 nitrogen and oxygen atoms in total. The number of carbonyl (C=O) groups is 1. The van der Waals surface area contributed by atoms with Crippen molar-refractivity contribution >= 4 is 17.6 Å². The Morgan fingerprint density at radius 1 is 1.58 bits per heavy atom. The topological polar surface area (TPSA) is 26.3 Å². The van der Waals surface area contributed by atoms with Gasteiger partial charge in [-0.3, -0.25) is 4.79 Å². The van der Waals surface area contributed by atoms with Gasteiger partial charge in [0.15, 0.2) is 0 Å². The van der Waals surface area contributed by atoms with Crippen LogP contribution in [-0.4, -0.2) is 24.1 Å². The van der Waals surface area contributed by atoms with Crippen LogP contribution in [0.15, 0.2) is 0 Å². The van der Waals surface area contributed by atoms with Crippen LogP contribution in [0.1, 0.15) is 13.3 Å². The monoisotopic (exact) mass is 204 g/mol. The van der Waals surface area contributed by atoms with Gasteiger partial charge in [0.2, 0.25) is 0 Å². The van der Waals surface area contributed by atoms with Crippen molar-refractivity contribution in [3.05, 3.63) is 0 Å². The van der Waals surface area contributed by atoms with E-state index in [4.69, 9.17) is 11.6 Å². The molecule has 0 radical (unpaired) electrons. The first kappa shape index (κ1) is 11.6. The number of halogens is 4. The first-order valence-corrected chi connectivity index (χ1v) is 3.64. The minimum absolute atomic E-state index is 0.667. The first-order chi connectivity index (χ1) is 5.33. The molecule has 72 valence electrons. The molecular formula is C6H8ClF3O2. The van der Waals surface area contributed by atoms with Crippen molar-refractivity contribution in [3.8, 4) is 0 Å². The number of hydrogen-bond acceptors (Lipinski definition) is 2. The van der Waals surface area contributed by atoms with E-state index in [9.17, 15) is 18.0 Å². The SMILES string of the molecule is CC(Cl)C(=O)OCCC(F)(F)F. The molecule has 0 aromatic heterocycles. The number of ether oxygens (including phenoxy) is 1.